The predicted octanol–water partition coefficient (Wildman–Crippen LogP) is 5.05. The van der Waals surface area contributed by atoms with Crippen LogP contribution < -0.4 is 15.5 Å². The van der Waals surface area contributed by atoms with Crippen LogP contribution in [0, 0.1) is 13.8 Å². The van der Waals surface area contributed by atoms with Crippen molar-refractivity contribution in [2.45, 2.75) is 76.2 Å². The van der Waals surface area contributed by atoms with Crippen LogP contribution in [0.15, 0.2) is 54.9 Å². The summed E-state index contributed by atoms with van der Waals surface area (Å²) in [6.07, 6.45) is 5.55. The van der Waals surface area contributed by atoms with Gasteiger partial charge in [0.15, 0.2) is 0 Å². The number of benzene rings is 2. The molecule has 4 atom stereocenters. The molecule has 2 aliphatic carbocycles. The summed E-state index contributed by atoms with van der Waals surface area (Å²) < 4.78 is 11.3. The molecule has 2 aliphatic heterocycles. The number of aromatic nitrogens is 4. The average Bonchev–Trinajstić information content (AvgIpc) is 3.39. The fraction of sp³-hybridized carbons (Fsp3) is 0.400. The highest BCUT2D eigenvalue weighted by Gasteiger charge is 2.40. The Morgan fingerprint density at radius 1 is 1.04 bits per heavy atom. The van der Waals surface area contributed by atoms with Gasteiger partial charge in [0.1, 0.15) is 24.3 Å². The number of hydrogen-bond acceptors (Lipinski definition) is 8. The Kier molecular flexibility index (Phi) is 7.20. The molecule has 4 aromatic rings. The molecule has 8 rings (SSSR count). The third-order valence-electron chi connectivity index (χ3n) is 9.74. The van der Waals surface area contributed by atoms with E-state index in [4.69, 9.17) is 9.47 Å². The second kappa shape index (κ2) is 11.5. The van der Waals surface area contributed by atoms with Crippen LogP contribution >= 0.6 is 0 Å². The van der Waals surface area contributed by atoms with Crippen molar-refractivity contribution >= 4 is 23.5 Å². The van der Waals surface area contributed by atoms with Crippen LogP contribution in [-0.2, 0) is 20.7 Å². The predicted molar refractivity (Wildman–Crippen MR) is 173 cm³/mol. The minimum absolute atomic E-state index is 0.0714. The van der Waals surface area contributed by atoms with E-state index in [0.717, 1.165) is 90.4 Å². The van der Waals surface area contributed by atoms with Gasteiger partial charge in [-0.05, 0) is 80.8 Å². The van der Waals surface area contributed by atoms with Crippen molar-refractivity contribution in [2.24, 2.45) is 0 Å². The molecule has 2 amide bonds. The maximum Gasteiger partial charge on any atom is 0.408 e. The minimum atomic E-state index is -0.818. The number of hydrogen-bond donors (Lipinski definition) is 3. The summed E-state index contributed by atoms with van der Waals surface area (Å²) in [6, 6.07) is 15.6. The molecule has 0 radical (unpaired) electrons. The first kappa shape index (κ1) is 28.7. The van der Waals surface area contributed by atoms with Crippen LogP contribution in [0.2, 0.25) is 0 Å². The Balaban J connectivity index is 1.05. The number of alkyl carbamates (subject to hydrolysis) is 1. The number of ether oxygens (including phenoxy) is 2. The Hall–Kier alpha value is -4.77. The zero-order valence-corrected chi connectivity index (χ0v) is 26.0. The second-order valence-corrected chi connectivity index (χ2v) is 12.9. The van der Waals surface area contributed by atoms with Gasteiger partial charge in [0, 0.05) is 41.0 Å². The number of nitrogens with one attached hydrogen (secondary N) is 3. The monoisotopic (exact) mass is 619 g/mol. The Labute approximate surface area is 267 Å². The maximum atomic E-state index is 13.9. The molecule has 11 nitrogen and oxygen atoms in total. The number of amides is 2. The summed E-state index contributed by atoms with van der Waals surface area (Å²) in [6.45, 7) is 5.53. The highest BCUT2D eigenvalue weighted by atomic mass is 16.6. The lowest BCUT2D eigenvalue weighted by molar-refractivity contribution is -0.118. The van der Waals surface area contributed by atoms with Crippen LogP contribution in [0.5, 0.6) is 0 Å². The van der Waals surface area contributed by atoms with Crippen molar-refractivity contribution in [3.8, 4) is 22.4 Å². The highest BCUT2D eigenvalue weighted by Crippen LogP contribution is 2.39. The summed E-state index contributed by atoms with van der Waals surface area (Å²) >= 11 is 0. The molecular weight excluding hydrogens is 582 g/mol. The first-order valence-corrected chi connectivity index (χ1v) is 16.1. The van der Waals surface area contributed by atoms with E-state index in [1.165, 1.54) is 5.56 Å². The van der Waals surface area contributed by atoms with Crippen molar-refractivity contribution in [3.63, 3.8) is 0 Å². The smallest absolute Gasteiger partial charge is 0.408 e. The van der Waals surface area contributed by atoms with Crippen LogP contribution in [0.4, 0.5) is 16.3 Å². The number of fused-ring (bicyclic) bond motifs is 3. The molecule has 3 fully saturated rings. The molecule has 4 aliphatic rings. The zero-order chi connectivity index (χ0) is 31.4. The van der Waals surface area contributed by atoms with Gasteiger partial charge in [0.2, 0.25) is 5.91 Å². The SMILES string of the molecule is Cc1n[nH]c(C)c1-c1ccc(NC(=O)[C@@H](NC(=O)OC2CC2)[C@@H]2CCc3ccc(-c4cc(N5C[C@@H]6CC5CO6)ncn4)cc32)cc1. The van der Waals surface area contributed by atoms with Crippen molar-refractivity contribution in [1.29, 1.82) is 0 Å². The third-order valence-corrected chi connectivity index (χ3v) is 9.74. The van der Waals surface area contributed by atoms with Gasteiger partial charge in [-0.3, -0.25) is 9.89 Å². The fourth-order valence-electron chi connectivity index (χ4n) is 7.25. The number of carbonyl (C=O) groups excluding carboxylic acids is 2. The van der Waals surface area contributed by atoms with E-state index < -0.39 is 12.1 Å². The molecule has 2 saturated heterocycles. The molecule has 1 saturated carbocycles. The number of H-pyrrole nitrogens is 1. The van der Waals surface area contributed by atoms with Gasteiger partial charge in [0.05, 0.1) is 30.1 Å². The van der Waals surface area contributed by atoms with E-state index >= 15 is 0 Å². The highest BCUT2D eigenvalue weighted by molar-refractivity contribution is 5.97. The Morgan fingerprint density at radius 3 is 2.59 bits per heavy atom. The second-order valence-electron chi connectivity index (χ2n) is 12.9. The standard InChI is InChI=1S/C35H37N7O4/c1-19-32(20(2)41-40-19)22-5-8-24(9-6-22)38-34(43)33(39-35(44)46-26-10-11-26)28-12-7-21-3-4-23(13-29(21)28)30-15-31(37-18-36-30)42-16-27-14-25(42)17-45-27/h3-6,8-9,13,15,18,25-28,33H,7,10-12,14,16-17H2,1-2H3,(H,38,43)(H,39,44)(H,40,41)/t25?,27-,28+,33-/m0/s1. The summed E-state index contributed by atoms with van der Waals surface area (Å²) in [5, 5.41) is 13.3. The first-order valence-electron chi connectivity index (χ1n) is 16.1. The van der Waals surface area contributed by atoms with E-state index in [9.17, 15) is 9.59 Å². The quantitative estimate of drug-likeness (QED) is 0.249. The van der Waals surface area contributed by atoms with Gasteiger partial charge < -0.3 is 25.0 Å². The molecule has 2 bridgehead atoms. The van der Waals surface area contributed by atoms with E-state index in [-0.39, 0.29) is 24.0 Å². The molecule has 3 N–H and O–H groups in total. The van der Waals surface area contributed by atoms with Crippen LogP contribution in [-0.4, -0.2) is 69.6 Å². The van der Waals surface area contributed by atoms with E-state index in [2.05, 4.69) is 53.9 Å². The maximum absolute atomic E-state index is 13.9. The number of morpholine rings is 1. The van der Waals surface area contributed by atoms with E-state index in [1.54, 1.807) is 6.33 Å². The van der Waals surface area contributed by atoms with E-state index in [1.807, 2.05) is 44.2 Å². The number of carbonyl (C=O) groups is 2. The van der Waals surface area contributed by atoms with Crippen molar-refractivity contribution in [1.82, 2.24) is 25.5 Å². The zero-order valence-electron chi connectivity index (χ0n) is 26.0. The minimum Gasteiger partial charge on any atom is -0.446 e. The van der Waals surface area contributed by atoms with Gasteiger partial charge in [0.25, 0.3) is 0 Å². The lowest BCUT2D eigenvalue weighted by Gasteiger charge is -2.28. The first-order chi connectivity index (χ1) is 22.4. The lowest BCUT2D eigenvalue weighted by atomic mass is 9.91. The van der Waals surface area contributed by atoms with Crippen molar-refractivity contribution in [3.05, 3.63) is 77.4 Å². The normalized spacial score (nSPS) is 22.0. The summed E-state index contributed by atoms with van der Waals surface area (Å²) in [7, 11) is 0. The average molecular weight is 620 g/mol. The van der Waals surface area contributed by atoms with Gasteiger partial charge in [-0.25, -0.2) is 14.8 Å². The Bertz CT molecular complexity index is 1780. The van der Waals surface area contributed by atoms with Gasteiger partial charge in [-0.15, -0.1) is 0 Å². The van der Waals surface area contributed by atoms with Crippen LogP contribution in [0.25, 0.3) is 22.4 Å². The molecule has 236 valence electrons. The molecular formula is C35H37N7O4. The lowest BCUT2D eigenvalue weighted by Crippen LogP contribution is -2.47. The van der Waals surface area contributed by atoms with Crippen molar-refractivity contribution in [2.75, 3.05) is 23.4 Å². The molecule has 1 unspecified atom stereocenters. The molecule has 2 aromatic heterocycles. The molecule has 46 heavy (non-hydrogen) atoms. The van der Waals surface area contributed by atoms with Gasteiger partial charge >= 0.3 is 6.09 Å². The van der Waals surface area contributed by atoms with Crippen LogP contribution in [0.1, 0.15) is 54.1 Å². The number of aryl methyl sites for hydroxylation is 3. The molecule has 11 heteroatoms. The third kappa shape index (κ3) is 5.49. The number of aromatic amines is 1. The number of rotatable bonds is 8. The largest absolute Gasteiger partial charge is 0.446 e. The van der Waals surface area contributed by atoms with Gasteiger partial charge in [-0.1, -0.05) is 24.3 Å². The number of anilines is 2. The topological polar surface area (TPSA) is 134 Å². The summed E-state index contributed by atoms with van der Waals surface area (Å²) in [5.41, 5.74) is 8.61. The summed E-state index contributed by atoms with van der Waals surface area (Å²) in [5.74, 6) is 0.392. The number of nitrogens with zero attached hydrogens (tertiary/aromatic N) is 4. The molecule has 0 spiro atoms. The van der Waals surface area contributed by atoms with Gasteiger partial charge in [-0.2, -0.15) is 5.10 Å². The molecule has 2 aromatic carbocycles. The van der Waals surface area contributed by atoms with E-state index in [0.29, 0.717) is 11.7 Å². The summed E-state index contributed by atoms with van der Waals surface area (Å²) in [4.78, 5) is 38.4. The Morgan fingerprint density at radius 2 is 1.87 bits per heavy atom. The van der Waals surface area contributed by atoms with Crippen molar-refractivity contribution < 1.29 is 19.1 Å². The van der Waals surface area contributed by atoms with Crippen LogP contribution in [0.3, 0.4) is 0 Å². The fourth-order valence-corrected chi connectivity index (χ4v) is 7.25. The molecule has 4 heterocycles.